The number of nitrogen functional groups attached to an aromatic ring is 1. The van der Waals surface area contributed by atoms with Crippen molar-refractivity contribution >= 4 is 33.8 Å². The maximum Gasteiger partial charge on any atom is 0.263 e. The lowest BCUT2D eigenvalue weighted by Crippen LogP contribution is -2.24. The third-order valence-electron chi connectivity index (χ3n) is 2.35. The third-order valence-corrected chi connectivity index (χ3v) is 3.51. The Morgan fingerprint density at radius 3 is 2.63 bits per heavy atom. The van der Waals surface area contributed by atoms with Gasteiger partial charge in [0, 0.05) is 20.1 Å². The zero-order valence-electron chi connectivity index (χ0n) is 11.0. The highest BCUT2D eigenvalue weighted by Gasteiger charge is 2.24. The summed E-state index contributed by atoms with van der Waals surface area (Å²) in [6.07, 6.45) is 1.58. The first-order valence-electron chi connectivity index (χ1n) is 5.84. The van der Waals surface area contributed by atoms with Crippen molar-refractivity contribution in [1.29, 1.82) is 0 Å². The van der Waals surface area contributed by atoms with Crippen LogP contribution in [0.5, 0.6) is 0 Å². The van der Waals surface area contributed by atoms with Gasteiger partial charge in [0.25, 0.3) is 11.8 Å². The van der Waals surface area contributed by atoms with Crippen LogP contribution in [-0.4, -0.2) is 32.0 Å². The first-order valence-corrected chi connectivity index (χ1v) is 6.65. The van der Waals surface area contributed by atoms with Gasteiger partial charge < -0.3 is 21.7 Å². The summed E-state index contributed by atoms with van der Waals surface area (Å²) >= 11 is 1.17. The van der Waals surface area contributed by atoms with Gasteiger partial charge in [0.2, 0.25) is 0 Å². The second-order valence-corrected chi connectivity index (χ2v) is 4.68. The number of carbonyl (C=O) groups is 2. The molecule has 6 nitrogen and oxygen atoms in total. The van der Waals surface area contributed by atoms with Gasteiger partial charge in [-0.05, 0) is 6.92 Å². The van der Waals surface area contributed by atoms with Gasteiger partial charge in [-0.1, -0.05) is 6.08 Å². The molecule has 1 aromatic heterocycles. The SMILES string of the molecule is C=CCNC(=O)c1sc(NCC)c(C(=O)NC)c1N. The first-order chi connectivity index (χ1) is 9.06. The molecule has 0 spiro atoms. The van der Waals surface area contributed by atoms with Gasteiger partial charge in [0.1, 0.15) is 9.88 Å². The molecule has 0 radical (unpaired) electrons. The summed E-state index contributed by atoms with van der Waals surface area (Å²) in [5, 5.41) is 8.80. The molecule has 0 aliphatic rings. The van der Waals surface area contributed by atoms with E-state index in [-0.39, 0.29) is 17.5 Å². The van der Waals surface area contributed by atoms with Crippen LogP contribution in [-0.2, 0) is 0 Å². The number of carbonyl (C=O) groups excluding carboxylic acids is 2. The fourth-order valence-electron chi connectivity index (χ4n) is 1.49. The van der Waals surface area contributed by atoms with Gasteiger partial charge >= 0.3 is 0 Å². The number of amides is 2. The molecule has 0 aliphatic carbocycles. The molecular weight excluding hydrogens is 264 g/mol. The van der Waals surface area contributed by atoms with Crippen LogP contribution < -0.4 is 21.7 Å². The molecule has 1 rings (SSSR count). The standard InChI is InChI=1S/C12H18N4O2S/c1-4-6-16-11(18)9-8(13)7(10(17)14-3)12(19-9)15-5-2/h4,15H,1,5-6,13H2,2-3H3,(H,14,17)(H,16,18). The van der Waals surface area contributed by atoms with Crippen molar-refractivity contribution in [2.24, 2.45) is 0 Å². The van der Waals surface area contributed by atoms with Crippen LogP contribution in [0.25, 0.3) is 0 Å². The minimum Gasteiger partial charge on any atom is -0.397 e. The largest absolute Gasteiger partial charge is 0.397 e. The molecule has 0 aromatic carbocycles. The van der Waals surface area contributed by atoms with E-state index >= 15 is 0 Å². The predicted molar refractivity (Wildman–Crippen MR) is 78.8 cm³/mol. The Labute approximate surface area is 116 Å². The van der Waals surface area contributed by atoms with Crippen molar-refractivity contribution < 1.29 is 9.59 Å². The Balaban J connectivity index is 3.16. The zero-order chi connectivity index (χ0) is 14.4. The number of thiophene rings is 1. The van der Waals surface area contributed by atoms with Gasteiger partial charge in [0.05, 0.1) is 11.3 Å². The van der Waals surface area contributed by atoms with Crippen molar-refractivity contribution in [3.63, 3.8) is 0 Å². The van der Waals surface area contributed by atoms with Crippen molar-refractivity contribution in [1.82, 2.24) is 10.6 Å². The Hall–Kier alpha value is -2.02. The van der Waals surface area contributed by atoms with E-state index in [2.05, 4.69) is 22.5 Å². The van der Waals surface area contributed by atoms with Crippen LogP contribution in [0.3, 0.4) is 0 Å². The molecule has 5 N–H and O–H groups in total. The molecule has 104 valence electrons. The summed E-state index contributed by atoms with van der Waals surface area (Å²) in [5.41, 5.74) is 6.42. The van der Waals surface area contributed by atoms with Gasteiger partial charge in [-0.15, -0.1) is 17.9 Å². The van der Waals surface area contributed by atoms with Crippen LogP contribution in [0.15, 0.2) is 12.7 Å². The Morgan fingerprint density at radius 2 is 2.11 bits per heavy atom. The third kappa shape index (κ3) is 3.25. The average Bonchev–Trinajstić information content (AvgIpc) is 2.72. The van der Waals surface area contributed by atoms with Crippen LogP contribution >= 0.6 is 11.3 Å². The molecule has 7 heteroatoms. The van der Waals surface area contributed by atoms with E-state index in [4.69, 9.17) is 5.73 Å². The smallest absolute Gasteiger partial charge is 0.263 e. The average molecular weight is 282 g/mol. The molecule has 0 unspecified atom stereocenters. The highest BCUT2D eigenvalue weighted by molar-refractivity contribution is 7.19. The Morgan fingerprint density at radius 1 is 1.42 bits per heavy atom. The molecule has 0 aliphatic heterocycles. The molecule has 1 aromatic rings. The van der Waals surface area contributed by atoms with Crippen LogP contribution in [0.1, 0.15) is 27.0 Å². The van der Waals surface area contributed by atoms with E-state index in [0.717, 1.165) is 0 Å². The number of nitrogens with two attached hydrogens (primary N) is 1. The van der Waals surface area contributed by atoms with Gasteiger partial charge in [-0.2, -0.15) is 0 Å². The molecule has 0 bridgehead atoms. The van der Waals surface area contributed by atoms with E-state index in [1.807, 2.05) is 6.92 Å². The van der Waals surface area contributed by atoms with Crippen molar-refractivity contribution in [2.75, 3.05) is 31.2 Å². The zero-order valence-corrected chi connectivity index (χ0v) is 11.8. The van der Waals surface area contributed by atoms with E-state index in [1.165, 1.54) is 18.4 Å². The summed E-state index contributed by atoms with van der Waals surface area (Å²) in [6.45, 7) is 6.41. The molecular formula is C12H18N4O2S. The number of hydrogen-bond acceptors (Lipinski definition) is 5. The highest BCUT2D eigenvalue weighted by atomic mass is 32.1. The molecule has 1 heterocycles. The quantitative estimate of drug-likeness (QED) is 0.586. The summed E-state index contributed by atoms with van der Waals surface area (Å²) in [5.74, 6) is -0.621. The van der Waals surface area contributed by atoms with Crippen molar-refractivity contribution in [3.05, 3.63) is 23.1 Å². The van der Waals surface area contributed by atoms with Crippen LogP contribution in [0, 0.1) is 0 Å². The maximum atomic E-state index is 11.9. The second kappa shape index (κ2) is 6.79. The lowest BCUT2D eigenvalue weighted by molar-refractivity contribution is 0.0960. The van der Waals surface area contributed by atoms with Gasteiger partial charge in [-0.3, -0.25) is 9.59 Å². The van der Waals surface area contributed by atoms with Crippen molar-refractivity contribution in [2.45, 2.75) is 6.92 Å². The van der Waals surface area contributed by atoms with E-state index in [9.17, 15) is 9.59 Å². The fraction of sp³-hybridized carbons (Fsp3) is 0.333. The molecule has 2 amide bonds. The summed E-state index contributed by atoms with van der Waals surface area (Å²) in [7, 11) is 1.52. The van der Waals surface area contributed by atoms with Gasteiger partial charge in [-0.25, -0.2) is 0 Å². The predicted octanol–water partition coefficient (Wildman–Crippen LogP) is 1.04. The van der Waals surface area contributed by atoms with Crippen LogP contribution in [0.2, 0.25) is 0 Å². The van der Waals surface area contributed by atoms with E-state index in [1.54, 1.807) is 6.08 Å². The Kier molecular flexibility index (Phi) is 5.37. The second-order valence-electron chi connectivity index (χ2n) is 3.66. The number of hydrogen-bond donors (Lipinski definition) is 4. The summed E-state index contributed by atoms with van der Waals surface area (Å²) in [6, 6.07) is 0. The highest BCUT2D eigenvalue weighted by Crippen LogP contribution is 2.35. The lowest BCUT2D eigenvalue weighted by atomic mass is 10.2. The maximum absolute atomic E-state index is 11.9. The number of nitrogens with one attached hydrogen (secondary N) is 3. The van der Waals surface area contributed by atoms with E-state index in [0.29, 0.717) is 28.5 Å². The minimum atomic E-state index is -0.313. The molecule has 19 heavy (non-hydrogen) atoms. The summed E-state index contributed by atoms with van der Waals surface area (Å²) in [4.78, 5) is 24.1. The molecule has 0 fully saturated rings. The van der Waals surface area contributed by atoms with E-state index < -0.39 is 0 Å². The fourth-order valence-corrected chi connectivity index (χ4v) is 2.60. The first kappa shape index (κ1) is 15.0. The molecule has 0 atom stereocenters. The monoisotopic (exact) mass is 282 g/mol. The molecule has 0 saturated heterocycles. The number of rotatable bonds is 6. The summed E-state index contributed by atoms with van der Waals surface area (Å²) < 4.78 is 0. The van der Waals surface area contributed by atoms with Crippen molar-refractivity contribution in [3.8, 4) is 0 Å². The molecule has 0 saturated carbocycles. The lowest BCUT2D eigenvalue weighted by Gasteiger charge is -2.04. The Bertz CT molecular complexity index is 496. The minimum absolute atomic E-state index is 0.196. The van der Waals surface area contributed by atoms with Crippen LogP contribution in [0.4, 0.5) is 10.7 Å². The number of anilines is 2. The normalized spacial score (nSPS) is 9.79. The topological polar surface area (TPSA) is 96.2 Å². The van der Waals surface area contributed by atoms with Gasteiger partial charge in [0.15, 0.2) is 0 Å².